The number of nitrogens with one attached hydrogen (secondary N) is 1. The Morgan fingerprint density at radius 2 is 2.00 bits per heavy atom. The molecule has 126 valence electrons. The third-order valence-corrected chi connectivity index (χ3v) is 4.08. The van der Waals surface area contributed by atoms with Crippen LogP contribution < -0.4 is 10.2 Å². The fourth-order valence-corrected chi connectivity index (χ4v) is 2.92. The predicted molar refractivity (Wildman–Crippen MR) is 90.2 cm³/mol. The van der Waals surface area contributed by atoms with E-state index < -0.39 is 0 Å². The topological polar surface area (TPSA) is 69.6 Å². The Kier molecular flexibility index (Phi) is 6.16. The summed E-state index contributed by atoms with van der Waals surface area (Å²) in [6.07, 6.45) is 2.19. The van der Waals surface area contributed by atoms with Gasteiger partial charge in [0, 0.05) is 25.2 Å². The molecule has 0 saturated carbocycles. The zero-order valence-corrected chi connectivity index (χ0v) is 13.9. The highest BCUT2D eigenvalue weighted by atomic mass is 16.3. The molecule has 2 amide bonds. The number of carbonyl (C=O) groups excluding carboxylic acids is 2. The average molecular weight is 318 g/mol. The summed E-state index contributed by atoms with van der Waals surface area (Å²) in [4.78, 5) is 25.5. The van der Waals surface area contributed by atoms with E-state index in [9.17, 15) is 14.7 Å². The van der Waals surface area contributed by atoms with Gasteiger partial charge in [0.1, 0.15) is 0 Å². The van der Waals surface area contributed by atoms with Crippen LogP contribution >= 0.6 is 0 Å². The largest absolute Gasteiger partial charge is 0.393 e. The molecule has 5 heteroatoms. The second-order valence-corrected chi connectivity index (χ2v) is 6.49. The van der Waals surface area contributed by atoms with Crippen molar-refractivity contribution in [2.75, 3.05) is 18.0 Å². The second-order valence-electron chi connectivity index (χ2n) is 6.49. The predicted octanol–water partition coefficient (Wildman–Crippen LogP) is 1.88. The molecule has 1 aliphatic heterocycles. The van der Waals surface area contributed by atoms with E-state index in [2.05, 4.69) is 5.32 Å². The fraction of sp³-hybridized carbons (Fsp3) is 0.556. The molecule has 0 bridgehead atoms. The van der Waals surface area contributed by atoms with Gasteiger partial charge in [0.25, 0.3) is 0 Å². The summed E-state index contributed by atoms with van der Waals surface area (Å²) in [7, 11) is 0. The number of hydrogen-bond acceptors (Lipinski definition) is 3. The number of rotatable bonds is 7. The van der Waals surface area contributed by atoms with Gasteiger partial charge in [-0.15, -0.1) is 0 Å². The van der Waals surface area contributed by atoms with Gasteiger partial charge in [-0.05, 0) is 43.4 Å². The zero-order valence-electron chi connectivity index (χ0n) is 13.9. The van der Waals surface area contributed by atoms with E-state index >= 15 is 0 Å². The smallest absolute Gasteiger partial charge is 0.227 e. The minimum absolute atomic E-state index is 0.0209. The van der Waals surface area contributed by atoms with Gasteiger partial charge in [0.15, 0.2) is 0 Å². The van der Waals surface area contributed by atoms with Crippen LogP contribution in [0, 0.1) is 5.92 Å². The lowest BCUT2D eigenvalue weighted by Crippen LogP contribution is -2.30. The summed E-state index contributed by atoms with van der Waals surface area (Å²) < 4.78 is 0. The maximum atomic E-state index is 12.0. The summed E-state index contributed by atoms with van der Waals surface area (Å²) in [5, 5.41) is 12.2. The lowest BCUT2D eigenvalue weighted by Gasteiger charge is -2.16. The van der Waals surface area contributed by atoms with Crippen LogP contribution in [0.4, 0.5) is 5.69 Å². The normalized spacial score (nSPS) is 17.2. The lowest BCUT2D eigenvalue weighted by atomic mass is 10.0. The van der Waals surface area contributed by atoms with E-state index in [-0.39, 0.29) is 23.8 Å². The molecule has 1 heterocycles. The number of anilines is 1. The quantitative estimate of drug-likeness (QED) is 0.806. The highest BCUT2D eigenvalue weighted by Crippen LogP contribution is 2.21. The van der Waals surface area contributed by atoms with Crippen molar-refractivity contribution < 1.29 is 14.7 Å². The Bertz CT molecular complexity index is 540. The van der Waals surface area contributed by atoms with Crippen molar-refractivity contribution in [2.24, 2.45) is 5.92 Å². The summed E-state index contributed by atoms with van der Waals surface area (Å²) in [5.41, 5.74) is 1.84. The lowest BCUT2D eigenvalue weighted by molar-refractivity contribution is -0.120. The van der Waals surface area contributed by atoms with E-state index in [0.29, 0.717) is 25.8 Å². The van der Waals surface area contributed by atoms with Crippen LogP contribution in [-0.4, -0.2) is 36.1 Å². The molecular weight excluding hydrogens is 292 g/mol. The molecule has 1 fully saturated rings. The van der Waals surface area contributed by atoms with E-state index in [0.717, 1.165) is 24.2 Å². The second kappa shape index (κ2) is 8.11. The Morgan fingerprint density at radius 3 is 2.57 bits per heavy atom. The standard InChI is InChI=1S/C18H26N2O3/c1-13(10-14(2)21)12-19-17(22)11-15-5-7-16(8-6-15)20-9-3-4-18(20)23/h5-8,13-14,21H,3-4,9-12H2,1-2H3,(H,19,22). The highest BCUT2D eigenvalue weighted by molar-refractivity contribution is 5.95. The zero-order chi connectivity index (χ0) is 16.8. The van der Waals surface area contributed by atoms with Crippen molar-refractivity contribution in [3.05, 3.63) is 29.8 Å². The number of aliphatic hydroxyl groups excluding tert-OH is 1. The first-order chi connectivity index (χ1) is 11.0. The number of carbonyl (C=O) groups is 2. The molecule has 1 aromatic rings. The van der Waals surface area contributed by atoms with Crippen LogP contribution in [0.3, 0.4) is 0 Å². The van der Waals surface area contributed by atoms with Gasteiger partial charge in [0.2, 0.25) is 11.8 Å². The van der Waals surface area contributed by atoms with Crippen LogP contribution in [-0.2, 0) is 16.0 Å². The van der Waals surface area contributed by atoms with Crippen molar-refractivity contribution in [2.45, 2.75) is 45.6 Å². The molecule has 0 radical (unpaired) electrons. The summed E-state index contributed by atoms with van der Waals surface area (Å²) in [6.45, 7) is 5.11. The Hall–Kier alpha value is -1.88. The summed E-state index contributed by atoms with van der Waals surface area (Å²) in [5.74, 6) is 0.400. The monoisotopic (exact) mass is 318 g/mol. The molecular formula is C18H26N2O3. The fourth-order valence-electron chi connectivity index (χ4n) is 2.92. The highest BCUT2D eigenvalue weighted by Gasteiger charge is 2.21. The summed E-state index contributed by atoms with van der Waals surface area (Å²) in [6, 6.07) is 7.61. The van der Waals surface area contributed by atoms with Gasteiger partial charge in [-0.2, -0.15) is 0 Å². The van der Waals surface area contributed by atoms with Crippen molar-refractivity contribution in [3.63, 3.8) is 0 Å². The van der Waals surface area contributed by atoms with Crippen molar-refractivity contribution >= 4 is 17.5 Å². The average Bonchev–Trinajstić information content (AvgIpc) is 2.91. The first kappa shape index (κ1) is 17.5. The van der Waals surface area contributed by atoms with Gasteiger partial charge >= 0.3 is 0 Å². The number of benzene rings is 1. The minimum Gasteiger partial charge on any atom is -0.393 e. The Labute approximate surface area is 137 Å². The van der Waals surface area contributed by atoms with Crippen molar-refractivity contribution in [1.29, 1.82) is 0 Å². The van der Waals surface area contributed by atoms with Crippen molar-refractivity contribution in [1.82, 2.24) is 5.32 Å². The molecule has 0 aromatic heterocycles. The molecule has 1 aliphatic rings. The van der Waals surface area contributed by atoms with E-state index in [4.69, 9.17) is 0 Å². The maximum Gasteiger partial charge on any atom is 0.227 e. The molecule has 0 spiro atoms. The van der Waals surface area contributed by atoms with Gasteiger partial charge in [0.05, 0.1) is 12.5 Å². The van der Waals surface area contributed by atoms with Gasteiger partial charge in [-0.25, -0.2) is 0 Å². The first-order valence-corrected chi connectivity index (χ1v) is 8.29. The SMILES string of the molecule is CC(O)CC(C)CNC(=O)Cc1ccc(N2CCCC2=O)cc1. The minimum atomic E-state index is -0.345. The van der Waals surface area contributed by atoms with Gasteiger partial charge < -0.3 is 15.3 Å². The maximum absolute atomic E-state index is 12.0. The Balaban J connectivity index is 1.81. The van der Waals surface area contributed by atoms with Gasteiger partial charge in [-0.3, -0.25) is 9.59 Å². The number of nitrogens with zero attached hydrogens (tertiary/aromatic N) is 1. The molecule has 2 rings (SSSR count). The number of amides is 2. The van der Waals surface area contributed by atoms with E-state index in [1.54, 1.807) is 11.8 Å². The molecule has 23 heavy (non-hydrogen) atoms. The van der Waals surface area contributed by atoms with Gasteiger partial charge in [-0.1, -0.05) is 19.1 Å². The Morgan fingerprint density at radius 1 is 1.30 bits per heavy atom. The van der Waals surface area contributed by atoms with E-state index in [1.807, 2.05) is 31.2 Å². The van der Waals surface area contributed by atoms with Crippen LogP contribution in [0.5, 0.6) is 0 Å². The first-order valence-electron chi connectivity index (χ1n) is 8.29. The number of aliphatic hydroxyl groups is 1. The molecule has 1 aromatic carbocycles. The van der Waals surface area contributed by atoms with Crippen molar-refractivity contribution in [3.8, 4) is 0 Å². The molecule has 5 nitrogen and oxygen atoms in total. The third-order valence-electron chi connectivity index (χ3n) is 4.08. The van der Waals surface area contributed by atoms with Crippen LogP contribution in [0.15, 0.2) is 24.3 Å². The van der Waals surface area contributed by atoms with Crippen LogP contribution in [0.1, 0.15) is 38.7 Å². The molecule has 2 atom stereocenters. The number of hydrogen-bond donors (Lipinski definition) is 2. The third kappa shape index (κ3) is 5.36. The van der Waals surface area contributed by atoms with E-state index in [1.165, 1.54) is 0 Å². The molecule has 1 saturated heterocycles. The molecule has 2 N–H and O–H groups in total. The van der Waals surface area contributed by atoms with Crippen LogP contribution in [0.25, 0.3) is 0 Å². The molecule has 2 unspecified atom stereocenters. The summed E-state index contributed by atoms with van der Waals surface area (Å²) >= 11 is 0. The molecule has 0 aliphatic carbocycles. The van der Waals surface area contributed by atoms with Crippen LogP contribution in [0.2, 0.25) is 0 Å².